The van der Waals surface area contributed by atoms with E-state index in [9.17, 15) is 0 Å². The Morgan fingerprint density at radius 3 is 2.94 bits per heavy atom. The Morgan fingerprint density at radius 1 is 1.11 bits per heavy atom. The van der Waals surface area contributed by atoms with E-state index in [4.69, 9.17) is 9.72 Å². The van der Waals surface area contributed by atoms with E-state index in [0.29, 0.717) is 32.3 Å². The molecule has 4 aromatic rings. The number of hydrazone groups is 1. The highest BCUT2D eigenvalue weighted by Crippen LogP contribution is 2.32. The third-order valence-corrected chi connectivity index (χ3v) is 5.88. The van der Waals surface area contributed by atoms with Crippen molar-refractivity contribution in [1.29, 1.82) is 0 Å². The van der Waals surface area contributed by atoms with Crippen LogP contribution in [0.2, 0.25) is 0 Å². The molecule has 11 nitrogen and oxygen atoms in total. The summed E-state index contributed by atoms with van der Waals surface area (Å²) in [5, 5.41) is 10.4. The van der Waals surface area contributed by atoms with Crippen LogP contribution in [-0.4, -0.2) is 50.7 Å². The molecule has 36 heavy (non-hydrogen) atoms. The molecule has 2 aliphatic heterocycles. The van der Waals surface area contributed by atoms with E-state index in [1.165, 1.54) is 0 Å². The standard InChI is InChI=1S/C25H24N10O/c1-2-17(13-35-16-27-15-32-35)6-20(3-1)33-25-29-9-18-7-22(19-10-30-31-11-19)24(8-23(18)34-25)36-14-21-12-26-4-5-28-21/h1-10,12,16,19,31-32H,11,13-15H2,(H,29,33,34). The van der Waals surface area contributed by atoms with Crippen molar-refractivity contribution in [3.8, 4) is 5.75 Å². The topological polar surface area (TPSA) is 125 Å². The van der Waals surface area contributed by atoms with Crippen molar-refractivity contribution in [2.75, 3.05) is 18.5 Å². The molecule has 0 spiro atoms. The molecule has 0 saturated carbocycles. The smallest absolute Gasteiger partial charge is 0.227 e. The average Bonchev–Trinajstić information content (AvgIpc) is 3.63. The first-order chi connectivity index (χ1) is 17.8. The van der Waals surface area contributed by atoms with Gasteiger partial charge in [0.05, 0.1) is 24.0 Å². The number of nitrogens with zero attached hydrogens (tertiary/aromatic N) is 7. The number of ether oxygens (including phenoxy) is 1. The number of hydrogen-bond donors (Lipinski definition) is 3. The van der Waals surface area contributed by atoms with Gasteiger partial charge in [-0.1, -0.05) is 12.1 Å². The molecule has 0 fully saturated rings. The zero-order valence-corrected chi connectivity index (χ0v) is 19.4. The molecule has 1 atom stereocenters. The normalized spacial score (nSPS) is 16.4. The van der Waals surface area contributed by atoms with Gasteiger partial charge in [0.1, 0.15) is 25.4 Å². The van der Waals surface area contributed by atoms with Crippen molar-refractivity contribution in [3.05, 3.63) is 78.0 Å². The molecule has 6 rings (SSSR count). The van der Waals surface area contributed by atoms with Gasteiger partial charge in [-0.05, 0) is 23.8 Å². The molecule has 0 amide bonds. The fourth-order valence-corrected chi connectivity index (χ4v) is 4.13. The molecule has 11 heteroatoms. The van der Waals surface area contributed by atoms with Gasteiger partial charge < -0.3 is 15.5 Å². The Kier molecular flexibility index (Phi) is 6.03. The Hall–Kier alpha value is -4.64. The van der Waals surface area contributed by atoms with Crippen molar-refractivity contribution in [2.45, 2.75) is 19.1 Å². The number of benzene rings is 2. The number of rotatable bonds is 8. The number of fused-ring (bicyclic) bond motifs is 1. The second kappa shape index (κ2) is 9.92. The van der Waals surface area contributed by atoms with Gasteiger partial charge in [-0.25, -0.2) is 15.4 Å². The van der Waals surface area contributed by atoms with Gasteiger partial charge in [-0.2, -0.15) is 5.10 Å². The number of hydrogen-bond acceptors (Lipinski definition) is 11. The third-order valence-electron chi connectivity index (χ3n) is 5.88. The largest absolute Gasteiger partial charge is 0.487 e. The minimum Gasteiger partial charge on any atom is -0.487 e. The number of anilines is 2. The molecule has 180 valence electrons. The number of nitrogens with one attached hydrogen (secondary N) is 3. The first kappa shape index (κ1) is 21.9. The fourth-order valence-electron chi connectivity index (χ4n) is 4.13. The maximum absolute atomic E-state index is 6.19. The minimum atomic E-state index is 0.0990. The van der Waals surface area contributed by atoms with E-state index in [0.717, 1.165) is 39.2 Å². The van der Waals surface area contributed by atoms with E-state index in [1.54, 1.807) is 24.9 Å². The Morgan fingerprint density at radius 2 is 2.11 bits per heavy atom. The molecule has 0 radical (unpaired) electrons. The van der Waals surface area contributed by atoms with Crippen LogP contribution in [0.5, 0.6) is 5.75 Å². The van der Waals surface area contributed by atoms with Gasteiger partial charge >= 0.3 is 0 Å². The molecule has 0 bridgehead atoms. The lowest BCUT2D eigenvalue weighted by molar-refractivity contribution is 0.297. The summed E-state index contributed by atoms with van der Waals surface area (Å²) in [5.41, 5.74) is 10.8. The summed E-state index contributed by atoms with van der Waals surface area (Å²) >= 11 is 0. The van der Waals surface area contributed by atoms with Crippen molar-refractivity contribution in [1.82, 2.24) is 35.8 Å². The SMILES string of the molecule is C1=NCNN1Cc1cccc(Nc2ncc3cc(C4C=NNC4)c(OCc4cnccn4)cc3n2)c1. The monoisotopic (exact) mass is 480 g/mol. The van der Waals surface area contributed by atoms with Crippen molar-refractivity contribution in [2.24, 2.45) is 10.1 Å². The zero-order chi connectivity index (χ0) is 24.2. The zero-order valence-electron chi connectivity index (χ0n) is 19.4. The Bertz CT molecular complexity index is 1430. The van der Waals surface area contributed by atoms with E-state index in [2.05, 4.69) is 59.4 Å². The quantitative estimate of drug-likeness (QED) is 0.349. The summed E-state index contributed by atoms with van der Waals surface area (Å²) in [6.45, 7) is 2.34. The summed E-state index contributed by atoms with van der Waals surface area (Å²) < 4.78 is 6.19. The molecule has 0 aliphatic carbocycles. The van der Waals surface area contributed by atoms with Crippen LogP contribution in [0.15, 0.2) is 71.3 Å². The fraction of sp³-hybridized carbons (Fsp3) is 0.200. The summed E-state index contributed by atoms with van der Waals surface area (Å²) in [7, 11) is 0. The van der Waals surface area contributed by atoms with Crippen molar-refractivity contribution in [3.63, 3.8) is 0 Å². The number of aliphatic imine (C=N–C) groups is 1. The second-order valence-electron chi connectivity index (χ2n) is 8.44. The highest BCUT2D eigenvalue weighted by atomic mass is 16.5. The number of aromatic nitrogens is 4. The van der Waals surface area contributed by atoms with Crippen LogP contribution >= 0.6 is 0 Å². The van der Waals surface area contributed by atoms with Crippen LogP contribution < -0.4 is 20.9 Å². The predicted octanol–water partition coefficient (Wildman–Crippen LogP) is 2.72. The van der Waals surface area contributed by atoms with E-state index >= 15 is 0 Å². The lowest BCUT2D eigenvalue weighted by Crippen LogP contribution is -2.30. The molecule has 2 aromatic heterocycles. The first-order valence-corrected chi connectivity index (χ1v) is 11.6. The van der Waals surface area contributed by atoms with E-state index < -0.39 is 0 Å². The molecular formula is C25H24N10O. The first-order valence-electron chi connectivity index (χ1n) is 11.6. The van der Waals surface area contributed by atoms with Crippen LogP contribution in [0.25, 0.3) is 10.9 Å². The molecule has 1 unspecified atom stereocenters. The average molecular weight is 481 g/mol. The van der Waals surface area contributed by atoms with E-state index in [-0.39, 0.29) is 5.92 Å². The molecule has 3 N–H and O–H groups in total. The van der Waals surface area contributed by atoms with Crippen LogP contribution in [0.3, 0.4) is 0 Å². The lowest BCUT2D eigenvalue weighted by atomic mass is 9.98. The second-order valence-corrected chi connectivity index (χ2v) is 8.44. The van der Waals surface area contributed by atoms with Gasteiger partial charge in [0.2, 0.25) is 5.95 Å². The molecule has 4 heterocycles. The highest BCUT2D eigenvalue weighted by molar-refractivity contribution is 5.84. The van der Waals surface area contributed by atoms with Gasteiger partial charge in [0.15, 0.2) is 0 Å². The summed E-state index contributed by atoms with van der Waals surface area (Å²) in [4.78, 5) is 21.9. The lowest BCUT2D eigenvalue weighted by Gasteiger charge is -2.16. The molecule has 0 saturated heterocycles. The van der Waals surface area contributed by atoms with Gasteiger partial charge in [-0.3, -0.25) is 20.0 Å². The predicted molar refractivity (Wildman–Crippen MR) is 137 cm³/mol. The van der Waals surface area contributed by atoms with Crippen LogP contribution in [0, 0.1) is 0 Å². The van der Waals surface area contributed by atoms with Crippen molar-refractivity contribution >= 4 is 35.1 Å². The maximum Gasteiger partial charge on any atom is 0.227 e. The van der Waals surface area contributed by atoms with Crippen LogP contribution in [0.1, 0.15) is 22.7 Å². The maximum atomic E-state index is 6.19. The van der Waals surface area contributed by atoms with Crippen LogP contribution in [-0.2, 0) is 13.2 Å². The molecule has 2 aromatic carbocycles. The Balaban J connectivity index is 1.26. The minimum absolute atomic E-state index is 0.0990. The van der Waals surface area contributed by atoms with Gasteiger partial charge in [-0.15, -0.1) is 0 Å². The summed E-state index contributed by atoms with van der Waals surface area (Å²) in [6.07, 6.45) is 10.5. The number of hydrazine groups is 1. The van der Waals surface area contributed by atoms with Gasteiger partial charge in [0, 0.05) is 60.0 Å². The van der Waals surface area contributed by atoms with Gasteiger partial charge in [0.25, 0.3) is 0 Å². The Labute approximate surface area is 207 Å². The van der Waals surface area contributed by atoms with Crippen molar-refractivity contribution < 1.29 is 4.74 Å². The molecular weight excluding hydrogens is 456 g/mol. The van der Waals surface area contributed by atoms with Crippen LogP contribution in [0.4, 0.5) is 11.6 Å². The summed E-state index contributed by atoms with van der Waals surface area (Å²) in [6, 6.07) is 12.2. The molecule has 2 aliphatic rings. The van der Waals surface area contributed by atoms with E-state index in [1.807, 2.05) is 35.6 Å². The highest BCUT2D eigenvalue weighted by Gasteiger charge is 2.20. The third kappa shape index (κ3) is 4.91. The summed E-state index contributed by atoms with van der Waals surface area (Å²) in [5.74, 6) is 1.35.